The molecule has 0 aliphatic carbocycles. The largest absolute Gasteiger partial charge is 0.460 e. The summed E-state index contributed by atoms with van der Waals surface area (Å²) in [6, 6.07) is 0. The number of aliphatic hydroxyl groups excluding tert-OH is 2. The van der Waals surface area contributed by atoms with Gasteiger partial charge in [-0.25, -0.2) is 4.79 Å². The summed E-state index contributed by atoms with van der Waals surface area (Å²) in [6.45, 7) is -0.307. The number of hydrogen-bond donors (Lipinski definition) is 2. The van der Waals surface area contributed by atoms with Crippen LogP contribution in [0.3, 0.4) is 0 Å². The van der Waals surface area contributed by atoms with Crippen molar-refractivity contribution >= 4 is 5.97 Å². The Morgan fingerprint density at radius 3 is 2.47 bits per heavy atom. The molecule has 2 N–H and O–H groups in total. The number of esters is 1. The van der Waals surface area contributed by atoms with Crippen LogP contribution in [-0.4, -0.2) is 56.0 Å². The van der Waals surface area contributed by atoms with Gasteiger partial charge in [0.15, 0.2) is 6.29 Å². The van der Waals surface area contributed by atoms with Crippen LogP contribution >= 0.6 is 0 Å². The van der Waals surface area contributed by atoms with Gasteiger partial charge in [-0.3, -0.25) is 0 Å². The number of hydrogen-bond acceptors (Lipinski definition) is 6. The van der Waals surface area contributed by atoms with Crippen molar-refractivity contribution in [3.8, 4) is 0 Å². The molecule has 0 rings (SSSR count). The maximum absolute atomic E-state index is 10.9. The molecule has 0 amide bonds. The Balaban J connectivity index is 3.97. The lowest BCUT2D eigenvalue weighted by atomic mass is 10.3. The zero-order valence-corrected chi connectivity index (χ0v) is 8.75. The molecular weight excluding hydrogens is 204 g/mol. The van der Waals surface area contributed by atoms with Gasteiger partial charge in [-0.15, -0.1) is 0 Å². The maximum Gasteiger partial charge on any atom is 0.330 e. The van der Waals surface area contributed by atoms with Gasteiger partial charge in [-0.05, 0) is 6.08 Å². The molecule has 0 heterocycles. The van der Waals surface area contributed by atoms with Crippen molar-refractivity contribution in [3.63, 3.8) is 0 Å². The molecule has 6 heteroatoms. The summed E-state index contributed by atoms with van der Waals surface area (Å²) in [6.07, 6.45) is 0.358. The zero-order valence-electron chi connectivity index (χ0n) is 8.75. The van der Waals surface area contributed by atoms with Crippen LogP contribution < -0.4 is 0 Å². The topological polar surface area (TPSA) is 85.2 Å². The lowest BCUT2D eigenvalue weighted by molar-refractivity contribution is -0.150. The summed E-state index contributed by atoms with van der Waals surface area (Å²) in [7, 11) is 2.74. The third-order valence-electron chi connectivity index (χ3n) is 1.51. The van der Waals surface area contributed by atoms with Gasteiger partial charge in [0.25, 0.3) is 0 Å². The summed E-state index contributed by atoms with van der Waals surface area (Å²) in [5.74, 6) is -0.644. The van der Waals surface area contributed by atoms with Crippen molar-refractivity contribution in [2.24, 2.45) is 0 Å². The van der Waals surface area contributed by atoms with Crippen molar-refractivity contribution in [1.82, 2.24) is 0 Å². The first kappa shape index (κ1) is 14.1. The molecule has 0 aromatic carbocycles. The minimum atomic E-state index is -1.05. The van der Waals surface area contributed by atoms with Crippen molar-refractivity contribution in [1.29, 1.82) is 0 Å². The van der Waals surface area contributed by atoms with E-state index in [1.807, 2.05) is 0 Å². The second kappa shape index (κ2) is 8.37. The van der Waals surface area contributed by atoms with Crippen molar-refractivity contribution in [2.45, 2.75) is 12.4 Å². The molecule has 0 radical (unpaired) electrons. The zero-order chi connectivity index (χ0) is 11.7. The van der Waals surface area contributed by atoms with Gasteiger partial charge in [-0.1, -0.05) is 0 Å². The van der Waals surface area contributed by atoms with Gasteiger partial charge in [0.05, 0.1) is 6.61 Å². The van der Waals surface area contributed by atoms with E-state index in [2.05, 4.69) is 4.74 Å². The molecule has 0 fully saturated rings. The van der Waals surface area contributed by atoms with E-state index in [0.717, 1.165) is 6.08 Å². The number of aliphatic hydroxyl groups is 2. The highest BCUT2D eigenvalue weighted by atomic mass is 16.7. The van der Waals surface area contributed by atoms with Gasteiger partial charge in [0.1, 0.15) is 12.7 Å². The number of carbonyl (C=O) groups excluding carboxylic acids is 1. The van der Waals surface area contributed by atoms with Crippen LogP contribution in [0.5, 0.6) is 0 Å². The van der Waals surface area contributed by atoms with E-state index < -0.39 is 18.4 Å². The normalized spacial score (nSPS) is 13.4. The van der Waals surface area contributed by atoms with E-state index in [1.54, 1.807) is 0 Å². The SMILES string of the molecule is COC(OC)C(O)C=CC(=O)OCCO. The third-order valence-corrected chi connectivity index (χ3v) is 1.51. The average molecular weight is 220 g/mol. The highest BCUT2D eigenvalue weighted by molar-refractivity contribution is 5.81. The number of methoxy groups -OCH3 is 2. The van der Waals surface area contributed by atoms with Gasteiger partial charge in [-0.2, -0.15) is 0 Å². The molecule has 0 saturated heterocycles. The van der Waals surface area contributed by atoms with Crippen LogP contribution in [0.4, 0.5) is 0 Å². The molecule has 15 heavy (non-hydrogen) atoms. The van der Waals surface area contributed by atoms with Gasteiger partial charge < -0.3 is 24.4 Å². The summed E-state index contributed by atoms with van der Waals surface area (Å²) in [5.41, 5.74) is 0. The highest BCUT2D eigenvalue weighted by Crippen LogP contribution is 2.00. The van der Waals surface area contributed by atoms with Crippen LogP contribution in [0, 0.1) is 0 Å². The fraction of sp³-hybridized carbons (Fsp3) is 0.667. The predicted molar refractivity (Wildman–Crippen MR) is 51.0 cm³/mol. The molecule has 0 aliphatic heterocycles. The molecular formula is C9H16O6. The fourth-order valence-electron chi connectivity index (χ4n) is 0.837. The Labute approximate surface area is 88.1 Å². The lowest BCUT2D eigenvalue weighted by Gasteiger charge is -2.16. The first-order valence-corrected chi connectivity index (χ1v) is 4.35. The minimum absolute atomic E-state index is 0.0722. The lowest BCUT2D eigenvalue weighted by Crippen LogP contribution is -2.28. The van der Waals surface area contributed by atoms with E-state index in [9.17, 15) is 9.90 Å². The highest BCUT2D eigenvalue weighted by Gasteiger charge is 2.14. The third kappa shape index (κ3) is 6.19. The van der Waals surface area contributed by atoms with Crippen LogP contribution in [0.25, 0.3) is 0 Å². The van der Waals surface area contributed by atoms with E-state index >= 15 is 0 Å². The molecule has 1 atom stereocenters. The first-order chi connectivity index (χ1) is 7.15. The minimum Gasteiger partial charge on any atom is -0.460 e. The Hall–Kier alpha value is -0.950. The predicted octanol–water partition coefficient (Wildman–Crippen LogP) is -0.942. The van der Waals surface area contributed by atoms with Gasteiger partial charge in [0.2, 0.25) is 0 Å². The first-order valence-electron chi connectivity index (χ1n) is 4.35. The van der Waals surface area contributed by atoms with Gasteiger partial charge in [0, 0.05) is 20.3 Å². The Morgan fingerprint density at radius 2 is 2.00 bits per heavy atom. The van der Waals surface area contributed by atoms with Crippen molar-refractivity contribution in [3.05, 3.63) is 12.2 Å². The number of carbonyl (C=O) groups is 1. The van der Waals surface area contributed by atoms with Crippen molar-refractivity contribution < 1.29 is 29.2 Å². The second-order valence-corrected chi connectivity index (χ2v) is 2.58. The standard InChI is InChI=1S/C9H16O6/c1-13-9(14-2)7(11)3-4-8(12)15-6-5-10/h3-4,7,9-11H,5-6H2,1-2H3. The Bertz CT molecular complexity index is 199. The average Bonchev–Trinajstić information content (AvgIpc) is 2.25. The molecule has 0 spiro atoms. The molecule has 1 unspecified atom stereocenters. The summed E-state index contributed by atoms with van der Waals surface area (Å²) >= 11 is 0. The summed E-state index contributed by atoms with van der Waals surface area (Å²) in [5, 5.41) is 17.8. The van der Waals surface area contributed by atoms with Crippen LogP contribution in [-0.2, 0) is 19.0 Å². The van der Waals surface area contributed by atoms with Crippen LogP contribution in [0.1, 0.15) is 0 Å². The Morgan fingerprint density at radius 1 is 1.40 bits per heavy atom. The molecule has 0 aromatic heterocycles. The molecule has 0 bridgehead atoms. The monoisotopic (exact) mass is 220 g/mol. The number of rotatable bonds is 7. The fourth-order valence-corrected chi connectivity index (χ4v) is 0.837. The molecule has 0 saturated carbocycles. The van der Waals surface area contributed by atoms with E-state index in [4.69, 9.17) is 14.6 Å². The van der Waals surface area contributed by atoms with Gasteiger partial charge >= 0.3 is 5.97 Å². The second-order valence-electron chi connectivity index (χ2n) is 2.58. The smallest absolute Gasteiger partial charge is 0.330 e. The summed E-state index contributed by atoms with van der Waals surface area (Å²) < 4.78 is 14.0. The quantitative estimate of drug-likeness (QED) is 0.327. The molecule has 88 valence electrons. The number of ether oxygens (including phenoxy) is 3. The molecule has 6 nitrogen and oxygen atoms in total. The van der Waals surface area contributed by atoms with E-state index in [1.165, 1.54) is 20.3 Å². The molecule has 0 aliphatic rings. The van der Waals surface area contributed by atoms with E-state index in [0.29, 0.717) is 0 Å². The van der Waals surface area contributed by atoms with Crippen LogP contribution in [0.2, 0.25) is 0 Å². The molecule has 0 aromatic rings. The van der Waals surface area contributed by atoms with Crippen molar-refractivity contribution in [2.75, 3.05) is 27.4 Å². The van der Waals surface area contributed by atoms with Crippen LogP contribution in [0.15, 0.2) is 12.2 Å². The Kier molecular flexibility index (Phi) is 7.84. The maximum atomic E-state index is 10.9. The van der Waals surface area contributed by atoms with E-state index in [-0.39, 0.29) is 13.2 Å². The summed E-state index contributed by atoms with van der Waals surface area (Å²) in [4.78, 5) is 10.9.